The molecule has 0 saturated carbocycles. The highest BCUT2D eigenvalue weighted by Crippen LogP contribution is 2.42. The molecular formula is C22H15F3N2O. The molecule has 0 aliphatic carbocycles. The summed E-state index contributed by atoms with van der Waals surface area (Å²) in [7, 11) is 1.34. The molecule has 3 aromatic carbocycles. The zero-order chi connectivity index (χ0) is 19.8. The van der Waals surface area contributed by atoms with Gasteiger partial charge in [0.25, 0.3) is 0 Å². The smallest absolute Gasteiger partial charge is 0.241 e. The van der Waals surface area contributed by atoms with Crippen molar-refractivity contribution in [2.24, 2.45) is 0 Å². The van der Waals surface area contributed by atoms with Crippen molar-refractivity contribution < 1.29 is 17.9 Å². The first-order valence-electron chi connectivity index (χ1n) is 8.55. The molecule has 6 heteroatoms. The van der Waals surface area contributed by atoms with Crippen molar-refractivity contribution in [3.63, 3.8) is 0 Å². The highest BCUT2D eigenvalue weighted by atomic mass is 19.1. The van der Waals surface area contributed by atoms with E-state index in [0.717, 1.165) is 10.8 Å². The number of rotatable bonds is 3. The third kappa shape index (κ3) is 2.97. The average Bonchev–Trinajstić information content (AvgIpc) is 2.67. The van der Waals surface area contributed by atoms with Crippen LogP contribution in [0, 0.1) is 24.4 Å². The van der Waals surface area contributed by atoms with Gasteiger partial charge in [-0.15, -0.1) is 5.10 Å². The molecule has 0 bridgehead atoms. The highest BCUT2D eigenvalue weighted by Gasteiger charge is 2.25. The Labute approximate surface area is 159 Å². The van der Waals surface area contributed by atoms with E-state index in [1.807, 2.05) is 42.5 Å². The summed E-state index contributed by atoms with van der Waals surface area (Å²) < 4.78 is 47.9. The van der Waals surface area contributed by atoms with Crippen molar-refractivity contribution in [3.8, 4) is 28.1 Å². The molecule has 1 heterocycles. The number of hydrogen-bond donors (Lipinski definition) is 0. The van der Waals surface area contributed by atoms with E-state index in [4.69, 9.17) is 4.74 Å². The number of ether oxygens (including phenoxy) is 1. The third-order valence-electron chi connectivity index (χ3n) is 4.60. The number of nitrogens with zero attached hydrogens (tertiary/aromatic N) is 2. The molecule has 0 aliphatic rings. The molecular weight excluding hydrogens is 365 g/mol. The molecule has 0 saturated heterocycles. The molecule has 28 heavy (non-hydrogen) atoms. The molecule has 0 spiro atoms. The normalized spacial score (nSPS) is 11.0. The first-order valence-corrected chi connectivity index (χ1v) is 8.55. The summed E-state index contributed by atoms with van der Waals surface area (Å²) in [6.07, 6.45) is 0. The molecule has 1 aromatic heterocycles. The Morgan fingerprint density at radius 2 is 1.43 bits per heavy atom. The van der Waals surface area contributed by atoms with Crippen molar-refractivity contribution in [1.82, 2.24) is 10.2 Å². The van der Waals surface area contributed by atoms with Crippen LogP contribution in [0.15, 0.2) is 54.6 Å². The second kappa shape index (κ2) is 6.96. The summed E-state index contributed by atoms with van der Waals surface area (Å²) in [4.78, 5) is 0. The van der Waals surface area contributed by atoms with Gasteiger partial charge >= 0.3 is 0 Å². The number of fused-ring (bicyclic) bond motifs is 1. The predicted octanol–water partition coefficient (Wildman–Crippen LogP) is 5.70. The average molecular weight is 380 g/mol. The maximum Gasteiger partial charge on any atom is 0.241 e. The number of hydrogen-bond acceptors (Lipinski definition) is 3. The third-order valence-corrected chi connectivity index (χ3v) is 4.60. The first kappa shape index (κ1) is 18.0. The predicted molar refractivity (Wildman–Crippen MR) is 102 cm³/mol. The summed E-state index contributed by atoms with van der Waals surface area (Å²) in [6, 6.07) is 14.7. The van der Waals surface area contributed by atoms with Gasteiger partial charge in [0.05, 0.1) is 23.9 Å². The van der Waals surface area contributed by atoms with Crippen LogP contribution in [0.1, 0.15) is 5.69 Å². The fraction of sp³-hybridized carbons (Fsp3) is 0.0909. The van der Waals surface area contributed by atoms with Crippen LogP contribution in [0.2, 0.25) is 0 Å². The number of benzene rings is 3. The molecule has 4 aromatic rings. The van der Waals surface area contributed by atoms with Gasteiger partial charge in [-0.1, -0.05) is 36.4 Å². The van der Waals surface area contributed by atoms with Crippen LogP contribution >= 0.6 is 0 Å². The van der Waals surface area contributed by atoms with Gasteiger partial charge in [-0.2, -0.15) is 5.10 Å². The summed E-state index contributed by atoms with van der Waals surface area (Å²) in [5.74, 6) is -3.11. The minimum Gasteiger partial charge on any atom is -0.479 e. The number of halogens is 3. The van der Waals surface area contributed by atoms with Crippen LogP contribution in [-0.4, -0.2) is 17.3 Å². The first-order chi connectivity index (χ1) is 13.5. The van der Waals surface area contributed by atoms with E-state index in [1.165, 1.54) is 7.11 Å². The Morgan fingerprint density at radius 3 is 2.11 bits per heavy atom. The van der Waals surface area contributed by atoms with Gasteiger partial charge in [-0.25, -0.2) is 13.2 Å². The molecule has 0 radical (unpaired) electrons. The van der Waals surface area contributed by atoms with Crippen LogP contribution in [-0.2, 0) is 0 Å². The minimum absolute atomic E-state index is 0.0434. The van der Waals surface area contributed by atoms with Gasteiger partial charge in [0.15, 0.2) is 0 Å². The molecule has 140 valence electrons. The maximum atomic E-state index is 14.6. The minimum atomic E-state index is -1.04. The van der Waals surface area contributed by atoms with E-state index in [-0.39, 0.29) is 11.4 Å². The number of aryl methyl sites for hydroxylation is 1. The van der Waals surface area contributed by atoms with Crippen LogP contribution in [0.3, 0.4) is 0 Å². The second-order valence-electron chi connectivity index (χ2n) is 6.35. The van der Waals surface area contributed by atoms with Gasteiger partial charge in [0.1, 0.15) is 17.5 Å². The van der Waals surface area contributed by atoms with Crippen molar-refractivity contribution in [2.75, 3.05) is 7.11 Å². The Morgan fingerprint density at radius 1 is 0.750 bits per heavy atom. The highest BCUT2D eigenvalue weighted by molar-refractivity contribution is 5.93. The van der Waals surface area contributed by atoms with Gasteiger partial charge in [-0.3, -0.25) is 0 Å². The van der Waals surface area contributed by atoms with Crippen LogP contribution in [0.4, 0.5) is 13.2 Å². The van der Waals surface area contributed by atoms with E-state index in [1.54, 1.807) is 6.92 Å². The zero-order valence-corrected chi connectivity index (χ0v) is 15.1. The fourth-order valence-electron chi connectivity index (χ4n) is 3.36. The molecule has 0 unspecified atom stereocenters. The lowest BCUT2D eigenvalue weighted by molar-refractivity contribution is 0.393. The van der Waals surface area contributed by atoms with E-state index in [2.05, 4.69) is 10.2 Å². The molecule has 4 rings (SSSR count). The van der Waals surface area contributed by atoms with E-state index >= 15 is 0 Å². The molecule has 0 atom stereocenters. The lowest BCUT2D eigenvalue weighted by Gasteiger charge is -2.16. The van der Waals surface area contributed by atoms with E-state index in [0.29, 0.717) is 29.0 Å². The van der Waals surface area contributed by atoms with Crippen LogP contribution < -0.4 is 4.74 Å². The Balaban J connectivity index is 2.08. The Hall–Kier alpha value is -3.41. The standard InChI is InChI=1S/C22H15F3N2O/c1-12-19(15-8-7-13-5-3-4-6-14(13)9-15)21(22(28-2)27-26-12)20-17(24)10-16(23)11-18(20)25/h3-11H,1-2H3. The largest absolute Gasteiger partial charge is 0.479 e. The fourth-order valence-corrected chi connectivity index (χ4v) is 3.36. The SMILES string of the molecule is COc1nnc(C)c(-c2ccc3ccccc3c2)c1-c1c(F)cc(F)cc1F. The summed E-state index contributed by atoms with van der Waals surface area (Å²) in [5, 5.41) is 9.99. The van der Waals surface area contributed by atoms with E-state index in [9.17, 15) is 13.2 Å². The van der Waals surface area contributed by atoms with Crippen LogP contribution in [0.5, 0.6) is 5.88 Å². The lowest BCUT2D eigenvalue weighted by atomic mass is 9.92. The number of methoxy groups -OCH3 is 1. The summed E-state index contributed by atoms with van der Waals surface area (Å²) in [5.41, 5.74) is 1.33. The van der Waals surface area contributed by atoms with Gasteiger partial charge < -0.3 is 4.74 Å². The summed E-state index contributed by atoms with van der Waals surface area (Å²) >= 11 is 0. The molecule has 0 fully saturated rings. The van der Waals surface area contributed by atoms with Crippen LogP contribution in [0.25, 0.3) is 33.0 Å². The maximum absolute atomic E-state index is 14.6. The van der Waals surface area contributed by atoms with Gasteiger partial charge in [0.2, 0.25) is 5.88 Å². The van der Waals surface area contributed by atoms with Gasteiger partial charge in [-0.05, 0) is 29.3 Å². The quantitative estimate of drug-likeness (QED) is 0.457. The molecule has 3 nitrogen and oxygen atoms in total. The van der Waals surface area contributed by atoms with Crippen molar-refractivity contribution in [2.45, 2.75) is 6.92 Å². The van der Waals surface area contributed by atoms with Gasteiger partial charge in [0, 0.05) is 17.7 Å². The molecule has 0 N–H and O–H groups in total. The lowest BCUT2D eigenvalue weighted by Crippen LogP contribution is -2.03. The second-order valence-corrected chi connectivity index (χ2v) is 6.35. The van der Waals surface area contributed by atoms with Crippen molar-refractivity contribution in [1.29, 1.82) is 0 Å². The molecule has 0 amide bonds. The summed E-state index contributed by atoms with van der Waals surface area (Å²) in [6.45, 7) is 1.69. The van der Waals surface area contributed by atoms with Crippen molar-refractivity contribution >= 4 is 10.8 Å². The topological polar surface area (TPSA) is 35.0 Å². The number of aromatic nitrogens is 2. The molecule has 0 aliphatic heterocycles. The Bertz CT molecular complexity index is 1180. The van der Waals surface area contributed by atoms with E-state index < -0.39 is 23.0 Å². The zero-order valence-electron chi connectivity index (χ0n) is 15.1. The van der Waals surface area contributed by atoms with Crippen molar-refractivity contribution in [3.05, 3.63) is 77.7 Å². The monoisotopic (exact) mass is 380 g/mol. The Kier molecular flexibility index (Phi) is 4.47.